The zero-order valence-corrected chi connectivity index (χ0v) is 12.7. The van der Waals surface area contributed by atoms with Crippen molar-refractivity contribution >= 4 is 31.5 Å². The van der Waals surface area contributed by atoms with Crippen LogP contribution < -0.4 is 10.6 Å². The highest BCUT2D eigenvalue weighted by Gasteiger charge is 2.30. The smallest absolute Gasteiger partial charge is 0.182 e. The van der Waals surface area contributed by atoms with Gasteiger partial charge in [-0.3, -0.25) is 0 Å². The van der Waals surface area contributed by atoms with Gasteiger partial charge in [-0.25, -0.2) is 8.42 Å². The lowest BCUT2D eigenvalue weighted by Gasteiger charge is -2.32. The van der Waals surface area contributed by atoms with Crippen LogP contribution >= 0.6 is 15.9 Å². The Morgan fingerprint density at radius 1 is 1.44 bits per heavy atom. The molecule has 1 heterocycles. The molecule has 1 aliphatic heterocycles. The Balaban J connectivity index is 2.52. The van der Waals surface area contributed by atoms with Gasteiger partial charge in [0.1, 0.15) is 0 Å². The molecule has 0 saturated heterocycles. The second kappa shape index (κ2) is 5.19. The fourth-order valence-electron chi connectivity index (χ4n) is 2.20. The van der Waals surface area contributed by atoms with Gasteiger partial charge >= 0.3 is 0 Å². The second-order valence-corrected chi connectivity index (χ2v) is 7.47. The number of anilines is 1. The van der Waals surface area contributed by atoms with E-state index in [9.17, 15) is 8.42 Å². The molecule has 0 amide bonds. The maximum atomic E-state index is 12.1. The lowest BCUT2D eigenvalue weighted by atomic mass is 10.2. The highest BCUT2D eigenvalue weighted by atomic mass is 79.9. The van der Waals surface area contributed by atoms with Gasteiger partial charge in [0.25, 0.3) is 0 Å². The molecule has 1 aromatic rings. The van der Waals surface area contributed by atoms with E-state index in [-0.39, 0.29) is 5.75 Å². The minimum absolute atomic E-state index is 0.181. The van der Waals surface area contributed by atoms with Crippen molar-refractivity contribution in [2.24, 2.45) is 5.73 Å². The van der Waals surface area contributed by atoms with Crippen molar-refractivity contribution in [1.82, 2.24) is 0 Å². The van der Waals surface area contributed by atoms with Crippen LogP contribution in [0.25, 0.3) is 0 Å². The maximum absolute atomic E-state index is 12.1. The van der Waals surface area contributed by atoms with Gasteiger partial charge in [-0.1, -0.05) is 0 Å². The molecule has 100 valence electrons. The molecule has 2 N–H and O–H groups in total. The van der Waals surface area contributed by atoms with Gasteiger partial charge < -0.3 is 10.6 Å². The van der Waals surface area contributed by atoms with Crippen LogP contribution in [0.3, 0.4) is 0 Å². The Morgan fingerprint density at radius 3 is 2.83 bits per heavy atom. The summed E-state index contributed by atoms with van der Waals surface area (Å²) >= 11 is 3.48. The van der Waals surface area contributed by atoms with E-state index in [2.05, 4.69) is 20.8 Å². The second-order valence-electron chi connectivity index (χ2n) is 4.54. The number of rotatable bonds is 3. The van der Waals surface area contributed by atoms with Crippen molar-refractivity contribution < 1.29 is 8.42 Å². The summed E-state index contributed by atoms with van der Waals surface area (Å²) in [5.41, 5.74) is 7.27. The number of hydrogen-bond donors (Lipinski definition) is 1. The quantitative estimate of drug-likeness (QED) is 0.915. The number of nitrogens with two attached hydrogens (primary N) is 1. The summed E-state index contributed by atoms with van der Waals surface area (Å²) in [7, 11) is -3.15. The molecule has 0 spiro atoms. The van der Waals surface area contributed by atoms with Crippen LogP contribution in [0, 0.1) is 6.92 Å². The van der Waals surface area contributed by atoms with Crippen molar-refractivity contribution in [3.05, 3.63) is 22.2 Å². The van der Waals surface area contributed by atoms with Crippen molar-refractivity contribution in [2.75, 3.05) is 30.3 Å². The fourth-order valence-corrected chi connectivity index (χ4v) is 4.74. The van der Waals surface area contributed by atoms with E-state index >= 15 is 0 Å². The third-order valence-corrected chi connectivity index (χ3v) is 5.39. The van der Waals surface area contributed by atoms with Crippen molar-refractivity contribution in [3.63, 3.8) is 0 Å². The Hall–Kier alpha value is -0.590. The molecule has 0 saturated carbocycles. The summed E-state index contributed by atoms with van der Waals surface area (Å²) in [6.07, 6.45) is 0.861. The van der Waals surface area contributed by atoms with Crippen LogP contribution in [-0.2, 0) is 9.84 Å². The Labute approximate surface area is 116 Å². The maximum Gasteiger partial charge on any atom is 0.182 e. The predicted octanol–water partition coefficient (Wildman–Crippen LogP) is 1.70. The van der Waals surface area contributed by atoms with Gasteiger partial charge in [0.05, 0.1) is 16.3 Å². The molecule has 0 radical (unpaired) electrons. The van der Waals surface area contributed by atoms with E-state index in [0.717, 1.165) is 28.7 Å². The minimum atomic E-state index is -3.15. The first-order valence-corrected chi connectivity index (χ1v) is 8.38. The minimum Gasteiger partial charge on any atom is -0.368 e. The highest BCUT2D eigenvalue weighted by Crippen LogP contribution is 2.38. The first kappa shape index (κ1) is 13.8. The Morgan fingerprint density at radius 2 is 2.17 bits per heavy atom. The Bertz CT molecular complexity index is 557. The van der Waals surface area contributed by atoms with Crippen molar-refractivity contribution in [3.8, 4) is 0 Å². The molecule has 0 unspecified atom stereocenters. The van der Waals surface area contributed by atoms with E-state index in [4.69, 9.17) is 5.73 Å². The summed E-state index contributed by atoms with van der Waals surface area (Å²) in [6, 6.07) is 3.71. The molecule has 18 heavy (non-hydrogen) atoms. The van der Waals surface area contributed by atoms with Gasteiger partial charge in [0.15, 0.2) is 9.84 Å². The summed E-state index contributed by atoms with van der Waals surface area (Å²) in [4.78, 5) is 2.55. The molecule has 0 fully saturated rings. The monoisotopic (exact) mass is 332 g/mol. The van der Waals surface area contributed by atoms with Gasteiger partial charge in [0.2, 0.25) is 0 Å². The molecule has 4 nitrogen and oxygen atoms in total. The molecule has 2 rings (SSSR count). The third kappa shape index (κ3) is 2.55. The summed E-state index contributed by atoms with van der Waals surface area (Å²) in [6.45, 7) is 3.85. The number of nitrogens with zero attached hydrogens (tertiary/aromatic N) is 1. The average molecular weight is 333 g/mol. The number of aryl methyl sites for hydroxylation is 1. The van der Waals surface area contributed by atoms with Crippen LogP contribution in [0.1, 0.15) is 12.0 Å². The number of benzene rings is 1. The molecular formula is C12H17BrN2O2S. The van der Waals surface area contributed by atoms with Crippen LogP contribution in [0.2, 0.25) is 0 Å². The molecule has 0 bridgehead atoms. The first-order valence-electron chi connectivity index (χ1n) is 5.93. The van der Waals surface area contributed by atoms with E-state index in [0.29, 0.717) is 18.0 Å². The molecule has 1 aromatic carbocycles. The SMILES string of the molecule is Cc1cc(Br)c2c(c1)S(=O)(=O)CCN2CCCN. The van der Waals surface area contributed by atoms with Crippen LogP contribution in [0.4, 0.5) is 5.69 Å². The molecule has 0 atom stereocenters. The molecule has 6 heteroatoms. The largest absolute Gasteiger partial charge is 0.368 e. The third-order valence-electron chi connectivity index (χ3n) is 3.09. The zero-order chi connectivity index (χ0) is 13.3. The fraction of sp³-hybridized carbons (Fsp3) is 0.500. The number of hydrogen-bond acceptors (Lipinski definition) is 4. The summed E-state index contributed by atoms with van der Waals surface area (Å²) < 4.78 is 25.1. The first-order chi connectivity index (χ1) is 8.45. The van der Waals surface area contributed by atoms with Crippen LogP contribution in [-0.4, -0.2) is 33.8 Å². The predicted molar refractivity (Wildman–Crippen MR) is 76.8 cm³/mol. The van der Waals surface area contributed by atoms with Crippen LogP contribution in [0.15, 0.2) is 21.5 Å². The lowest BCUT2D eigenvalue weighted by Crippen LogP contribution is -2.37. The molecule has 0 aromatic heterocycles. The van der Waals surface area contributed by atoms with E-state index in [1.807, 2.05) is 13.0 Å². The standard InChI is InChI=1S/C12H17BrN2O2S/c1-9-7-10(13)12-11(8-9)18(16,17)6-5-15(12)4-2-3-14/h7-8H,2-6,14H2,1H3. The van der Waals surface area contributed by atoms with Gasteiger partial charge in [0, 0.05) is 17.6 Å². The number of halogens is 1. The van der Waals surface area contributed by atoms with Gasteiger partial charge in [-0.15, -0.1) is 0 Å². The molecule has 0 aliphatic carbocycles. The Kier molecular flexibility index (Phi) is 3.99. The van der Waals surface area contributed by atoms with E-state index in [1.165, 1.54) is 0 Å². The van der Waals surface area contributed by atoms with Crippen molar-refractivity contribution in [1.29, 1.82) is 0 Å². The summed E-state index contributed by atoms with van der Waals surface area (Å²) in [5, 5.41) is 0. The van der Waals surface area contributed by atoms with Gasteiger partial charge in [-0.2, -0.15) is 0 Å². The zero-order valence-electron chi connectivity index (χ0n) is 10.3. The van der Waals surface area contributed by atoms with E-state index < -0.39 is 9.84 Å². The van der Waals surface area contributed by atoms with Crippen molar-refractivity contribution in [2.45, 2.75) is 18.2 Å². The summed E-state index contributed by atoms with van der Waals surface area (Å²) in [5.74, 6) is 0.181. The number of sulfone groups is 1. The van der Waals surface area contributed by atoms with Crippen LogP contribution in [0.5, 0.6) is 0 Å². The number of fused-ring (bicyclic) bond motifs is 1. The molecular weight excluding hydrogens is 316 g/mol. The lowest BCUT2D eigenvalue weighted by molar-refractivity contribution is 0.588. The highest BCUT2D eigenvalue weighted by molar-refractivity contribution is 9.10. The van der Waals surface area contributed by atoms with Gasteiger partial charge in [-0.05, 0) is 53.5 Å². The topological polar surface area (TPSA) is 63.4 Å². The molecule has 1 aliphatic rings. The van der Waals surface area contributed by atoms with E-state index in [1.54, 1.807) is 6.07 Å². The normalized spacial score (nSPS) is 17.6. The average Bonchev–Trinajstić information content (AvgIpc) is 2.29.